The predicted molar refractivity (Wildman–Crippen MR) is 112 cm³/mol. The second-order valence-electron chi connectivity index (χ2n) is 7.74. The molecule has 2 aromatic carbocycles. The van der Waals surface area contributed by atoms with Gasteiger partial charge in [0.25, 0.3) is 0 Å². The van der Waals surface area contributed by atoms with Crippen LogP contribution in [0.4, 0.5) is 5.69 Å². The Morgan fingerprint density at radius 3 is 2.77 bits per heavy atom. The average Bonchev–Trinajstić information content (AvgIpc) is 3.43. The van der Waals surface area contributed by atoms with Gasteiger partial charge in [0, 0.05) is 43.4 Å². The number of anilines is 1. The summed E-state index contributed by atoms with van der Waals surface area (Å²) in [6.07, 6.45) is 0.191. The van der Waals surface area contributed by atoms with Gasteiger partial charge in [-0.3, -0.25) is 9.59 Å². The van der Waals surface area contributed by atoms with Crippen molar-refractivity contribution in [3.8, 4) is 23.0 Å². The molecule has 0 N–H and O–H groups in total. The first-order valence-electron chi connectivity index (χ1n) is 10.5. The van der Waals surface area contributed by atoms with Crippen molar-refractivity contribution in [2.75, 3.05) is 38.0 Å². The summed E-state index contributed by atoms with van der Waals surface area (Å²) in [5.74, 6) is 2.19. The Hall–Kier alpha value is -3.42. The van der Waals surface area contributed by atoms with Crippen molar-refractivity contribution >= 4 is 17.5 Å². The molecule has 2 amide bonds. The summed E-state index contributed by atoms with van der Waals surface area (Å²) < 4.78 is 22.2. The zero-order valence-electron chi connectivity index (χ0n) is 17.3. The normalized spacial score (nSPS) is 18.9. The topological polar surface area (TPSA) is 77.5 Å². The Balaban J connectivity index is 1.31. The summed E-state index contributed by atoms with van der Waals surface area (Å²) in [5.41, 5.74) is 1.62. The van der Waals surface area contributed by atoms with Gasteiger partial charge in [0.1, 0.15) is 13.2 Å². The van der Waals surface area contributed by atoms with E-state index >= 15 is 0 Å². The Labute approximate surface area is 180 Å². The van der Waals surface area contributed by atoms with E-state index in [-0.39, 0.29) is 25.0 Å². The third-order valence-electron chi connectivity index (χ3n) is 5.84. The summed E-state index contributed by atoms with van der Waals surface area (Å²) in [7, 11) is 0. The maximum absolute atomic E-state index is 13.3. The maximum Gasteiger partial charge on any atom is 0.231 e. The van der Waals surface area contributed by atoms with E-state index in [2.05, 4.69) is 0 Å². The van der Waals surface area contributed by atoms with Crippen molar-refractivity contribution in [1.29, 1.82) is 0 Å². The number of fused-ring (bicyclic) bond motifs is 2. The molecule has 0 spiro atoms. The summed E-state index contributed by atoms with van der Waals surface area (Å²) in [5, 5.41) is 0. The van der Waals surface area contributed by atoms with Crippen LogP contribution in [0.2, 0.25) is 0 Å². The Morgan fingerprint density at radius 1 is 1.06 bits per heavy atom. The smallest absolute Gasteiger partial charge is 0.231 e. The van der Waals surface area contributed by atoms with Crippen molar-refractivity contribution in [1.82, 2.24) is 4.90 Å². The minimum atomic E-state index is -0.394. The van der Waals surface area contributed by atoms with Gasteiger partial charge in [0.05, 0.1) is 5.92 Å². The predicted octanol–water partition coefficient (Wildman–Crippen LogP) is 2.59. The number of carbonyl (C=O) groups excluding carboxylic acids is 2. The number of ether oxygens (including phenoxy) is 4. The number of para-hydroxylation sites is 1. The number of hydrogen-bond donors (Lipinski definition) is 0. The fourth-order valence-corrected chi connectivity index (χ4v) is 4.24. The summed E-state index contributed by atoms with van der Waals surface area (Å²) in [6.45, 7) is 4.43. The van der Waals surface area contributed by atoms with Crippen LogP contribution in [0.25, 0.3) is 0 Å². The third kappa shape index (κ3) is 3.62. The molecule has 0 radical (unpaired) electrons. The van der Waals surface area contributed by atoms with Crippen LogP contribution >= 0.6 is 0 Å². The molecule has 5 rings (SSSR count). The lowest BCUT2D eigenvalue weighted by Crippen LogP contribution is -2.37. The molecule has 0 saturated carbocycles. The second kappa shape index (κ2) is 8.02. The highest BCUT2D eigenvalue weighted by Gasteiger charge is 2.37. The molecule has 8 nitrogen and oxygen atoms in total. The maximum atomic E-state index is 13.3. The van der Waals surface area contributed by atoms with Gasteiger partial charge >= 0.3 is 0 Å². The van der Waals surface area contributed by atoms with Gasteiger partial charge < -0.3 is 28.7 Å². The number of benzene rings is 2. The molecule has 162 valence electrons. The van der Waals surface area contributed by atoms with E-state index in [0.717, 1.165) is 11.3 Å². The number of rotatable bonds is 5. The van der Waals surface area contributed by atoms with E-state index in [0.29, 0.717) is 55.8 Å². The van der Waals surface area contributed by atoms with E-state index in [1.54, 1.807) is 21.9 Å². The summed E-state index contributed by atoms with van der Waals surface area (Å²) >= 11 is 0. The molecule has 1 atom stereocenters. The van der Waals surface area contributed by atoms with Crippen molar-refractivity contribution in [2.45, 2.75) is 19.9 Å². The largest absolute Gasteiger partial charge is 0.486 e. The third-order valence-corrected chi connectivity index (χ3v) is 5.84. The highest BCUT2D eigenvalue weighted by molar-refractivity contribution is 6.00. The summed E-state index contributed by atoms with van der Waals surface area (Å²) in [4.78, 5) is 29.4. The van der Waals surface area contributed by atoms with E-state index in [1.165, 1.54) is 0 Å². The standard InChI is InChI=1S/C23H24N2O6/c1-2-24(12-15-4-3-5-19-22(15)29-9-8-28-19)23(27)16-10-21(26)25(13-16)17-6-7-18-20(11-17)31-14-30-18/h3-7,11,16H,2,8-10,12-14H2,1H3. The highest BCUT2D eigenvalue weighted by atomic mass is 16.7. The van der Waals surface area contributed by atoms with Crippen LogP contribution in [0.3, 0.4) is 0 Å². The minimum absolute atomic E-state index is 0.0339. The molecule has 1 unspecified atom stereocenters. The SMILES string of the molecule is CCN(Cc1cccc2c1OCCO2)C(=O)C1CC(=O)N(c2ccc3c(c2)OCO3)C1. The molecule has 2 aromatic rings. The number of hydrogen-bond acceptors (Lipinski definition) is 6. The van der Waals surface area contributed by atoms with Crippen LogP contribution in [0.1, 0.15) is 18.9 Å². The van der Waals surface area contributed by atoms with Crippen LogP contribution in [-0.4, -0.2) is 49.8 Å². The zero-order valence-corrected chi connectivity index (χ0v) is 17.3. The lowest BCUT2D eigenvalue weighted by Gasteiger charge is -2.27. The van der Waals surface area contributed by atoms with Gasteiger partial charge in [0.15, 0.2) is 23.0 Å². The van der Waals surface area contributed by atoms with Crippen molar-refractivity contribution < 1.29 is 28.5 Å². The van der Waals surface area contributed by atoms with Crippen LogP contribution in [-0.2, 0) is 16.1 Å². The lowest BCUT2D eigenvalue weighted by molar-refractivity contribution is -0.136. The Bertz CT molecular complexity index is 1020. The van der Waals surface area contributed by atoms with E-state index in [1.807, 2.05) is 31.2 Å². The molecule has 3 heterocycles. The molecule has 1 fully saturated rings. The fourth-order valence-electron chi connectivity index (χ4n) is 4.24. The number of carbonyl (C=O) groups is 2. The highest BCUT2D eigenvalue weighted by Crippen LogP contribution is 2.38. The zero-order chi connectivity index (χ0) is 21.4. The van der Waals surface area contributed by atoms with E-state index in [9.17, 15) is 9.59 Å². The van der Waals surface area contributed by atoms with Gasteiger partial charge in [-0.2, -0.15) is 0 Å². The van der Waals surface area contributed by atoms with Crippen LogP contribution in [0.15, 0.2) is 36.4 Å². The van der Waals surface area contributed by atoms with Crippen LogP contribution in [0, 0.1) is 5.92 Å². The molecule has 31 heavy (non-hydrogen) atoms. The summed E-state index contributed by atoms with van der Waals surface area (Å²) in [6, 6.07) is 11.1. The average molecular weight is 424 g/mol. The first kappa shape index (κ1) is 19.5. The second-order valence-corrected chi connectivity index (χ2v) is 7.74. The first-order chi connectivity index (χ1) is 15.1. The Morgan fingerprint density at radius 2 is 1.90 bits per heavy atom. The molecule has 3 aliphatic heterocycles. The van der Waals surface area contributed by atoms with Gasteiger partial charge in [-0.05, 0) is 25.1 Å². The number of amides is 2. The fraction of sp³-hybridized carbons (Fsp3) is 0.391. The Kier molecular flexibility index (Phi) is 5.05. The minimum Gasteiger partial charge on any atom is -0.486 e. The van der Waals surface area contributed by atoms with E-state index in [4.69, 9.17) is 18.9 Å². The number of nitrogens with zero attached hydrogens (tertiary/aromatic N) is 2. The molecular weight excluding hydrogens is 400 g/mol. The molecule has 8 heteroatoms. The molecule has 3 aliphatic rings. The van der Waals surface area contributed by atoms with Gasteiger partial charge in [0.2, 0.25) is 18.6 Å². The van der Waals surface area contributed by atoms with Gasteiger partial charge in [-0.1, -0.05) is 12.1 Å². The van der Waals surface area contributed by atoms with Crippen LogP contribution in [0.5, 0.6) is 23.0 Å². The quantitative estimate of drug-likeness (QED) is 0.734. The first-order valence-corrected chi connectivity index (χ1v) is 10.5. The molecular formula is C23H24N2O6. The van der Waals surface area contributed by atoms with Crippen molar-refractivity contribution in [3.63, 3.8) is 0 Å². The molecule has 0 aromatic heterocycles. The van der Waals surface area contributed by atoms with Gasteiger partial charge in [-0.25, -0.2) is 0 Å². The molecule has 0 bridgehead atoms. The molecule has 1 saturated heterocycles. The van der Waals surface area contributed by atoms with Gasteiger partial charge in [-0.15, -0.1) is 0 Å². The van der Waals surface area contributed by atoms with Crippen LogP contribution < -0.4 is 23.8 Å². The lowest BCUT2D eigenvalue weighted by atomic mass is 10.1. The van der Waals surface area contributed by atoms with Crippen molar-refractivity contribution in [2.24, 2.45) is 5.92 Å². The molecule has 0 aliphatic carbocycles. The van der Waals surface area contributed by atoms with E-state index < -0.39 is 5.92 Å². The monoisotopic (exact) mass is 424 g/mol. The van der Waals surface area contributed by atoms with Crippen molar-refractivity contribution in [3.05, 3.63) is 42.0 Å².